The molecule has 2 nitrogen and oxygen atoms in total. The van der Waals surface area contributed by atoms with Crippen LogP contribution >= 0.6 is 0 Å². The van der Waals surface area contributed by atoms with E-state index in [1.165, 1.54) is 57.8 Å². The fourth-order valence-corrected chi connectivity index (χ4v) is 2.27. The Hall–Kier alpha value is -0.0800. The zero-order valence-electron chi connectivity index (χ0n) is 14.8. The number of nitrogens with one attached hydrogen (secondary N) is 1. The second-order valence-electron chi connectivity index (χ2n) is 7.12. The van der Waals surface area contributed by atoms with Gasteiger partial charge in [-0.05, 0) is 53.5 Å². The van der Waals surface area contributed by atoms with Crippen LogP contribution in [0.3, 0.4) is 0 Å². The maximum atomic E-state index is 5.87. The van der Waals surface area contributed by atoms with Crippen LogP contribution in [-0.4, -0.2) is 24.8 Å². The number of unbranched alkanes of at least 4 members (excludes halogenated alkanes) is 6. The Morgan fingerprint density at radius 1 is 0.900 bits per heavy atom. The van der Waals surface area contributed by atoms with E-state index in [2.05, 4.69) is 39.9 Å². The van der Waals surface area contributed by atoms with Crippen LogP contribution < -0.4 is 5.32 Å². The third-order valence-electron chi connectivity index (χ3n) is 3.59. The van der Waals surface area contributed by atoms with Crippen molar-refractivity contribution in [2.45, 2.75) is 104 Å². The lowest BCUT2D eigenvalue weighted by molar-refractivity contribution is 0.0557. The van der Waals surface area contributed by atoms with Crippen LogP contribution in [0.5, 0.6) is 0 Å². The minimum atomic E-state index is 0.260. The third kappa shape index (κ3) is 16.0. The fourth-order valence-electron chi connectivity index (χ4n) is 2.27. The Kier molecular flexibility index (Phi) is 12.6. The number of hydrogen-bond donors (Lipinski definition) is 1. The normalized spacial score (nSPS) is 13.7. The van der Waals surface area contributed by atoms with Crippen LogP contribution in [0.2, 0.25) is 0 Å². The lowest BCUT2D eigenvalue weighted by Gasteiger charge is -2.20. The monoisotopic (exact) mass is 285 g/mol. The van der Waals surface area contributed by atoms with Gasteiger partial charge in [-0.3, -0.25) is 0 Å². The Morgan fingerprint density at radius 3 is 2.20 bits per heavy atom. The van der Waals surface area contributed by atoms with Crippen molar-refractivity contribution in [2.75, 3.05) is 13.2 Å². The molecule has 0 aliphatic carbocycles. The highest BCUT2D eigenvalue weighted by Crippen LogP contribution is 2.09. The van der Waals surface area contributed by atoms with Crippen molar-refractivity contribution in [2.24, 2.45) is 0 Å². The van der Waals surface area contributed by atoms with Gasteiger partial charge in [-0.15, -0.1) is 0 Å². The summed E-state index contributed by atoms with van der Waals surface area (Å²) in [4.78, 5) is 0. The average Bonchev–Trinajstić information content (AvgIpc) is 2.36. The molecule has 0 heterocycles. The molecule has 0 aliphatic heterocycles. The number of rotatable bonds is 13. The smallest absolute Gasteiger partial charge is 0.0547 e. The Balaban J connectivity index is 3.19. The summed E-state index contributed by atoms with van der Waals surface area (Å²) in [5.74, 6) is 0. The van der Waals surface area contributed by atoms with Gasteiger partial charge in [0.05, 0.1) is 6.10 Å². The minimum Gasteiger partial charge on any atom is -0.379 e. The van der Waals surface area contributed by atoms with E-state index in [1.807, 2.05) is 0 Å². The molecular formula is C18H39NO. The summed E-state index contributed by atoms with van der Waals surface area (Å²) < 4.78 is 5.87. The first-order valence-corrected chi connectivity index (χ1v) is 8.82. The number of hydrogen-bond acceptors (Lipinski definition) is 2. The molecular weight excluding hydrogens is 246 g/mol. The maximum absolute atomic E-state index is 5.87. The zero-order valence-corrected chi connectivity index (χ0v) is 14.8. The van der Waals surface area contributed by atoms with E-state index < -0.39 is 0 Å². The van der Waals surface area contributed by atoms with Crippen LogP contribution in [-0.2, 0) is 4.74 Å². The molecule has 122 valence electrons. The molecule has 0 aromatic heterocycles. The molecule has 0 amide bonds. The van der Waals surface area contributed by atoms with E-state index >= 15 is 0 Å². The topological polar surface area (TPSA) is 21.3 Å². The van der Waals surface area contributed by atoms with E-state index in [0.29, 0.717) is 6.10 Å². The molecule has 20 heavy (non-hydrogen) atoms. The summed E-state index contributed by atoms with van der Waals surface area (Å²) in [6.45, 7) is 13.2. The van der Waals surface area contributed by atoms with Gasteiger partial charge in [0.25, 0.3) is 0 Å². The van der Waals surface area contributed by atoms with Gasteiger partial charge in [-0.2, -0.15) is 0 Å². The van der Waals surface area contributed by atoms with Gasteiger partial charge >= 0.3 is 0 Å². The quantitative estimate of drug-likeness (QED) is 0.463. The molecule has 0 fully saturated rings. The largest absolute Gasteiger partial charge is 0.379 e. The first kappa shape index (κ1) is 19.9. The lowest BCUT2D eigenvalue weighted by Crippen LogP contribution is -2.36. The first-order chi connectivity index (χ1) is 9.45. The van der Waals surface area contributed by atoms with Gasteiger partial charge in [-0.1, -0.05) is 45.4 Å². The van der Waals surface area contributed by atoms with Crippen LogP contribution in [0.25, 0.3) is 0 Å². The van der Waals surface area contributed by atoms with E-state index in [9.17, 15) is 0 Å². The second kappa shape index (κ2) is 12.6. The molecule has 0 radical (unpaired) electrons. The van der Waals surface area contributed by atoms with Crippen LogP contribution in [0.1, 0.15) is 92.4 Å². The number of ether oxygens (including phenoxy) is 1. The van der Waals surface area contributed by atoms with E-state index in [1.54, 1.807) is 0 Å². The Bertz CT molecular complexity index is 198. The predicted molar refractivity (Wildman–Crippen MR) is 90.4 cm³/mol. The minimum absolute atomic E-state index is 0.260. The zero-order chi connectivity index (χ0) is 15.3. The summed E-state index contributed by atoms with van der Waals surface area (Å²) in [5, 5.41) is 3.53. The molecule has 0 saturated heterocycles. The van der Waals surface area contributed by atoms with Crippen LogP contribution in [0.15, 0.2) is 0 Å². The Labute approximate surface area is 128 Å². The molecule has 1 unspecified atom stereocenters. The highest BCUT2D eigenvalue weighted by Gasteiger charge is 2.07. The summed E-state index contributed by atoms with van der Waals surface area (Å²) in [5.41, 5.74) is 0.260. The molecule has 1 N–H and O–H groups in total. The molecule has 2 heteroatoms. The summed E-state index contributed by atoms with van der Waals surface area (Å²) in [6, 6.07) is 0. The van der Waals surface area contributed by atoms with Crippen molar-refractivity contribution in [3.8, 4) is 0 Å². The molecule has 0 aromatic rings. The van der Waals surface area contributed by atoms with Crippen LogP contribution in [0.4, 0.5) is 0 Å². The molecule has 0 spiro atoms. The third-order valence-corrected chi connectivity index (χ3v) is 3.59. The molecule has 0 rings (SSSR count). The van der Waals surface area contributed by atoms with Gasteiger partial charge in [0, 0.05) is 12.1 Å². The fraction of sp³-hybridized carbons (Fsp3) is 1.00. The van der Waals surface area contributed by atoms with Crippen molar-refractivity contribution < 1.29 is 4.74 Å². The lowest BCUT2D eigenvalue weighted by atomic mass is 10.1. The molecule has 0 aliphatic rings. The van der Waals surface area contributed by atoms with E-state index in [-0.39, 0.29) is 5.54 Å². The van der Waals surface area contributed by atoms with Gasteiger partial charge < -0.3 is 10.1 Å². The predicted octanol–water partition coefficient (Wildman–Crippen LogP) is 5.31. The van der Waals surface area contributed by atoms with Gasteiger partial charge in [-0.25, -0.2) is 0 Å². The van der Waals surface area contributed by atoms with Crippen molar-refractivity contribution in [3.05, 3.63) is 0 Å². The molecule has 0 bridgehead atoms. The summed E-state index contributed by atoms with van der Waals surface area (Å²) >= 11 is 0. The van der Waals surface area contributed by atoms with Gasteiger partial charge in [0.1, 0.15) is 0 Å². The average molecular weight is 286 g/mol. The van der Waals surface area contributed by atoms with Crippen molar-refractivity contribution in [1.29, 1.82) is 0 Å². The van der Waals surface area contributed by atoms with E-state index in [4.69, 9.17) is 4.74 Å². The first-order valence-electron chi connectivity index (χ1n) is 8.82. The standard InChI is InChI=1S/C18H39NO/c1-6-7-8-11-14-17(2)20-16-13-10-9-12-15-19-18(3,4)5/h17,19H,6-16H2,1-5H3. The highest BCUT2D eigenvalue weighted by atomic mass is 16.5. The summed E-state index contributed by atoms with van der Waals surface area (Å²) in [7, 11) is 0. The second-order valence-corrected chi connectivity index (χ2v) is 7.12. The molecule has 0 aromatic carbocycles. The summed E-state index contributed by atoms with van der Waals surface area (Å²) in [6.07, 6.45) is 12.2. The van der Waals surface area contributed by atoms with Crippen molar-refractivity contribution in [3.63, 3.8) is 0 Å². The van der Waals surface area contributed by atoms with E-state index in [0.717, 1.165) is 13.2 Å². The van der Waals surface area contributed by atoms with Crippen molar-refractivity contribution >= 4 is 0 Å². The maximum Gasteiger partial charge on any atom is 0.0547 e. The highest BCUT2D eigenvalue weighted by molar-refractivity contribution is 4.69. The van der Waals surface area contributed by atoms with Gasteiger partial charge in [0.15, 0.2) is 0 Å². The van der Waals surface area contributed by atoms with Crippen molar-refractivity contribution in [1.82, 2.24) is 5.32 Å². The van der Waals surface area contributed by atoms with Crippen LogP contribution in [0, 0.1) is 0 Å². The Morgan fingerprint density at radius 2 is 1.55 bits per heavy atom. The van der Waals surface area contributed by atoms with Gasteiger partial charge in [0.2, 0.25) is 0 Å². The molecule has 1 atom stereocenters. The molecule has 0 saturated carbocycles. The SMILES string of the molecule is CCCCCCC(C)OCCCCCCNC(C)(C)C.